The number of carbonyl (C=O) groups excluding carboxylic acids is 1. The van der Waals surface area contributed by atoms with Gasteiger partial charge in [0.15, 0.2) is 11.3 Å². The lowest BCUT2D eigenvalue weighted by atomic mass is 10.1. The first-order chi connectivity index (χ1) is 14.8. The minimum atomic E-state index is -0.675. The van der Waals surface area contributed by atoms with Gasteiger partial charge in [0.2, 0.25) is 0 Å². The summed E-state index contributed by atoms with van der Waals surface area (Å²) in [6, 6.07) is 19.1. The second-order valence-electron chi connectivity index (χ2n) is 8.01. The van der Waals surface area contributed by atoms with Crippen molar-refractivity contribution in [1.29, 1.82) is 0 Å². The van der Waals surface area contributed by atoms with E-state index in [1.165, 1.54) is 0 Å². The number of hydrogen-bond donors (Lipinski definition) is 1. The molecule has 8 nitrogen and oxygen atoms in total. The summed E-state index contributed by atoms with van der Waals surface area (Å²) >= 11 is 0. The van der Waals surface area contributed by atoms with Gasteiger partial charge < -0.3 is 15.2 Å². The molecular formula is C23H23N5O3. The van der Waals surface area contributed by atoms with E-state index in [9.17, 15) is 4.79 Å². The standard InChI is InChI=1S/C23H23N5O3/c1-23(2,3)31-22(29)28-18-13-17(25-26-20(18)21(24)27-28)16-11-7-8-12-19(16)30-14-15-9-5-4-6-10-15/h4-13H,14H2,1-3H3,(H2,24,27). The van der Waals surface area contributed by atoms with Gasteiger partial charge in [-0.15, -0.1) is 15.3 Å². The van der Waals surface area contributed by atoms with Crippen LogP contribution in [0.5, 0.6) is 5.75 Å². The molecule has 2 aromatic carbocycles. The summed E-state index contributed by atoms with van der Waals surface area (Å²) in [4.78, 5) is 12.6. The lowest BCUT2D eigenvalue weighted by Gasteiger charge is -2.19. The van der Waals surface area contributed by atoms with Crippen molar-refractivity contribution in [3.63, 3.8) is 0 Å². The third-order valence-electron chi connectivity index (χ3n) is 4.42. The summed E-state index contributed by atoms with van der Waals surface area (Å²) in [5.41, 5.74) is 8.33. The number of fused-ring (bicyclic) bond motifs is 1. The Hall–Kier alpha value is -3.94. The van der Waals surface area contributed by atoms with E-state index in [1.807, 2.05) is 54.6 Å². The topological polar surface area (TPSA) is 105 Å². The molecule has 0 aliphatic heterocycles. The van der Waals surface area contributed by atoms with Crippen LogP contribution in [0.3, 0.4) is 0 Å². The molecule has 0 spiro atoms. The number of para-hydroxylation sites is 1. The number of nitrogens with two attached hydrogens (primary N) is 1. The molecule has 31 heavy (non-hydrogen) atoms. The van der Waals surface area contributed by atoms with Crippen LogP contribution < -0.4 is 10.5 Å². The maximum absolute atomic E-state index is 12.6. The van der Waals surface area contributed by atoms with Crippen molar-refractivity contribution in [3.8, 4) is 17.0 Å². The quantitative estimate of drug-likeness (QED) is 0.523. The van der Waals surface area contributed by atoms with Crippen molar-refractivity contribution in [2.24, 2.45) is 0 Å². The first-order valence-corrected chi connectivity index (χ1v) is 9.83. The van der Waals surface area contributed by atoms with E-state index in [0.717, 1.165) is 15.8 Å². The summed E-state index contributed by atoms with van der Waals surface area (Å²) in [6.45, 7) is 5.76. The van der Waals surface area contributed by atoms with Gasteiger partial charge in [-0.2, -0.15) is 4.68 Å². The van der Waals surface area contributed by atoms with Crippen LogP contribution in [0.2, 0.25) is 0 Å². The summed E-state index contributed by atoms with van der Waals surface area (Å²) < 4.78 is 12.6. The molecule has 0 aliphatic carbocycles. The van der Waals surface area contributed by atoms with Crippen molar-refractivity contribution in [2.45, 2.75) is 33.0 Å². The molecule has 0 atom stereocenters. The molecule has 0 amide bonds. The molecule has 2 aromatic heterocycles. The van der Waals surface area contributed by atoms with Crippen LogP contribution in [0.4, 0.5) is 10.6 Å². The molecule has 0 bridgehead atoms. The van der Waals surface area contributed by atoms with Gasteiger partial charge in [0, 0.05) is 5.56 Å². The minimum Gasteiger partial charge on any atom is -0.488 e. The second kappa shape index (κ2) is 8.06. The summed E-state index contributed by atoms with van der Waals surface area (Å²) in [5, 5.41) is 12.6. The third-order valence-corrected chi connectivity index (χ3v) is 4.42. The van der Waals surface area contributed by atoms with Crippen LogP contribution in [0.15, 0.2) is 60.7 Å². The fraction of sp³-hybridized carbons (Fsp3) is 0.217. The third kappa shape index (κ3) is 4.48. The lowest BCUT2D eigenvalue weighted by Crippen LogP contribution is -2.27. The number of rotatable bonds is 4. The average Bonchev–Trinajstić information content (AvgIpc) is 3.08. The van der Waals surface area contributed by atoms with E-state index >= 15 is 0 Å². The number of nitrogens with zero attached hydrogens (tertiary/aromatic N) is 4. The smallest absolute Gasteiger partial charge is 0.435 e. The molecule has 2 heterocycles. The molecule has 4 aromatic rings. The van der Waals surface area contributed by atoms with E-state index in [2.05, 4.69) is 15.3 Å². The van der Waals surface area contributed by atoms with E-state index in [1.54, 1.807) is 26.8 Å². The molecule has 0 radical (unpaired) electrons. The molecular weight excluding hydrogens is 394 g/mol. The Kier molecular flexibility index (Phi) is 5.29. The van der Waals surface area contributed by atoms with Crippen LogP contribution in [-0.2, 0) is 11.3 Å². The minimum absolute atomic E-state index is 0.105. The Morgan fingerprint density at radius 3 is 2.48 bits per heavy atom. The van der Waals surface area contributed by atoms with Crippen LogP contribution in [0.1, 0.15) is 26.3 Å². The molecule has 158 valence electrons. The molecule has 0 fully saturated rings. The Bertz CT molecular complexity index is 1230. The van der Waals surface area contributed by atoms with Crippen molar-refractivity contribution in [3.05, 3.63) is 66.2 Å². The number of hydrogen-bond acceptors (Lipinski definition) is 7. The SMILES string of the molecule is CC(C)(C)OC(=O)n1nc(N)c2nnc(-c3ccccc3OCc3ccccc3)cc21. The molecule has 0 saturated heterocycles. The van der Waals surface area contributed by atoms with Crippen LogP contribution in [0.25, 0.3) is 22.3 Å². The first kappa shape index (κ1) is 20.3. The Labute approximate surface area is 179 Å². The van der Waals surface area contributed by atoms with Gasteiger partial charge in [0.25, 0.3) is 0 Å². The van der Waals surface area contributed by atoms with Crippen molar-refractivity contribution >= 4 is 22.9 Å². The van der Waals surface area contributed by atoms with E-state index in [-0.39, 0.29) is 5.82 Å². The monoisotopic (exact) mass is 417 g/mol. The summed E-state index contributed by atoms with van der Waals surface area (Å²) in [7, 11) is 0. The van der Waals surface area contributed by atoms with Gasteiger partial charge in [0.1, 0.15) is 23.5 Å². The molecule has 0 unspecified atom stereocenters. The second-order valence-corrected chi connectivity index (χ2v) is 8.01. The predicted molar refractivity (Wildman–Crippen MR) is 118 cm³/mol. The maximum atomic E-state index is 12.6. The highest BCUT2D eigenvalue weighted by Gasteiger charge is 2.23. The Morgan fingerprint density at radius 2 is 1.74 bits per heavy atom. The van der Waals surface area contributed by atoms with Gasteiger partial charge in [-0.1, -0.05) is 42.5 Å². The fourth-order valence-corrected chi connectivity index (χ4v) is 3.05. The number of carbonyl (C=O) groups is 1. The number of benzene rings is 2. The van der Waals surface area contributed by atoms with Gasteiger partial charge in [-0.25, -0.2) is 4.79 Å². The highest BCUT2D eigenvalue weighted by Crippen LogP contribution is 2.31. The zero-order valence-electron chi connectivity index (χ0n) is 17.6. The number of anilines is 1. The highest BCUT2D eigenvalue weighted by molar-refractivity contribution is 5.93. The van der Waals surface area contributed by atoms with Crippen molar-refractivity contribution in [2.75, 3.05) is 5.73 Å². The summed E-state index contributed by atoms with van der Waals surface area (Å²) in [5.74, 6) is 0.754. The van der Waals surface area contributed by atoms with E-state index in [4.69, 9.17) is 15.2 Å². The zero-order chi connectivity index (χ0) is 22.0. The van der Waals surface area contributed by atoms with Gasteiger partial charge >= 0.3 is 6.09 Å². The Morgan fingerprint density at radius 1 is 1.03 bits per heavy atom. The largest absolute Gasteiger partial charge is 0.488 e. The highest BCUT2D eigenvalue weighted by atomic mass is 16.6. The van der Waals surface area contributed by atoms with Crippen LogP contribution in [-0.4, -0.2) is 31.7 Å². The first-order valence-electron chi connectivity index (χ1n) is 9.83. The van der Waals surface area contributed by atoms with Crippen LogP contribution in [0, 0.1) is 0 Å². The maximum Gasteiger partial charge on any atom is 0.435 e. The number of ether oxygens (including phenoxy) is 2. The number of nitrogen functional groups attached to an aromatic ring is 1. The Balaban J connectivity index is 1.70. The van der Waals surface area contributed by atoms with E-state index in [0.29, 0.717) is 29.1 Å². The number of aromatic nitrogens is 4. The van der Waals surface area contributed by atoms with Crippen molar-refractivity contribution < 1.29 is 14.3 Å². The normalized spacial score (nSPS) is 11.5. The van der Waals surface area contributed by atoms with Gasteiger partial charge in [-0.3, -0.25) is 0 Å². The molecule has 0 aliphatic rings. The predicted octanol–water partition coefficient (Wildman–Crippen LogP) is 4.44. The van der Waals surface area contributed by atoms with Gasteiger partial charge in [-0.05, 0) is 44.5 Å². The molecule has 8 heteroatoms. The fourth-order valence-electron chi connectivity index (χ4n) is 3.05. The molecule has 4 rings (SSSR count). The summed E-state index contributed by atoms with van der Waals surface area (Å²) in [6.07, 6.45) is -0.637. The van der Waals surface area contributed by atoms with Crippen LogP contribution >= 0.6 is 0 Å². The average molecular weight is 417 g/mol. The zero-order valence-corrected chi connectivity index (χ0v) is 17.6. The molecule has 0 saturated carbocycles. The lowest BCUT2D eigenvalue weighted by molar-refractivity contribution is 0.0523. The van der Waals surface area contributed by atoms with Gasteiger partial charge in [0.05, 0.1) is 5.69 Å². The van der Waals surface area contributed by atoms with Crippen molar-refractivity contribution in [1.82, 2.24) is 20.0 Å². The van der Waals surface area contributed by atoms with E-state index < -0.39 is 11.7 Å². The molecule has 2 N–H and O–H groups in total.